The van der Waals surface area contributed by atoms with Gasteiger partial charge in [-0.15, -0.1) is 0 Å². The molecule has 1 amide bonds. The van der Waals surface area contributed by atoms with Gasteiger partial charge < -0.3 is 5.32 Å². The number of hydrogen-bond acceptors (Lipinski definition) is 3. The second kappa shape index (κ2) is 9.57. The van der Waals surface area contributed by atoms with Gasteiger partial charge in [0.25, 0.3) is 0 Å². The molecule has 0 fully saturated rings. The second-order valence-electron chi connectivity index (χ2n) is 9.00. The predicted octanol–water partition coefficient (Wildman–Crippen LogP) is 6.11. The molecule has 0 bridgehead atoms. The first-order valence-electron chi connectivity index (χ1n) is 11.6. The molecule has 2 heterocycles. The van der Waals surface area contributed by atoms with Gasteiger partial charge in [-0.2, -0.15) is 5.10 Å². The Morgan fingerprint density at radius 3 is 2.30 bits per heavy atom. The van der Waals surface area contributed by atoms with Gasteiger partial charge in [0.05, 0.1) is 12.2 Å². The monoisotopic (exact) mass is 440 g/mol. The van der Waals surface area contributed by atoms with Crippen molar-refractivity contribution >= 4 is 16.9 Å². The summed E-state index contributed by atoms with van der Waals surface area (Å²) in [6.07, 6.45) is 2.99. The van der Waals surface area contributed by atoms with Crippen molar-refractivity contribution in [2.24, 2.45) is 0 Å². The van der Waals surface area contributed by atoms with Crippen LogP contribution in [-0.2, 0) is 11.2 Å². The van der Waals surface area contributed by atoms with Gasteiger partial charge in [0.15, 0.2) is 5.65 Å². The summed E-state index contributed by atoms with van der Waals surface area (Å²) in [5, 5.41) is 8.72. The van der Waals surface area contributed by atoms with Gasteiger partial charge >= 0.3 is 0 Å². The highest BCUT2D eigenvalue weighted by atomic mass is 16.1. The normalized spacial score (nSPS) is 12.3. The fourth-order valence-corrected chi connectivity index (χ4v) is 4.37. The zero-order chi connectivity index (χ0) is 23.5. The average molecular weight is 441 g/mol. The number of carbonyl (C=O) groups is 1. The summed E-state index contributed by atoms with van der Waals surface area (Å²) >= 11 is 0. The number of rotatable bonds is 7. The van der Waals surface area contributed by atoms with Gasteiger partial charge in [-0.05, 0) is 68.9 Å². The summed E-state index contributed by atoms with van der Waals surface area (Å²) < 4.78 is 1.95. The molecule has 2 aromatic carbocycles. The lowest BCUT2D eigenvalue weighted by Gasteiger charge is -2.16. The van der Waals surface area contributed by atoms with Crippen LogP contribution in [-0.4, -0.2) is 20.7 Å². The SMILES string of the molecule is Cc1nc2c(cnn2C(C)C)c(C)c1CCC(=O)NC(C)c1ccc(-c2ccccc2)cc1. The number of fused-ring (bicyclic) bond motifs is 1. The predicted molar refractivity (Wildman–Crippen MR) is 134 cm³/mol. The molecule has 1 N–H and O–H groups in total. The fraction of sp³-hybridized carbons (Fsp3) is 0.321. The van der Waals surface area contributed by atoms with Gasteiger partial charge in [0.2, 0.25) is 5.91 Å². The summed E-state index contributed by atoms with van der Waals surface area (Å²) in [6, 6.07) is 18.9. The van der Waals surface area contributed by atoms with E-state index < -0.39 is 0 Å². The molecule has 4 rings (SSSR count). The number of benzene rings is 2. The first kappa shape index (κ1) is 22.7. The minimum atomic E-state index is -0.0469. The van der Waals surface area contributed by atoms with Crippen molar-refractivity contribution in [2.45, 2.75) is 59.5 Å². The molecule has 4 aromatic rings. The summed E-state index contributed by atoms with van der Waals surface area (Å²) in [5.41, 5.74) is 7.66. The minimum Gasteiger partial charge on any atom is -0.350 e. The van der Waals surface area contributed by atoms with E-state index in [1.807, 2.05) is 42.9 Å². The van der Waals surface area contributed by atoms with E-state index in [4.69, 9.17) is 4.98 Å². The number of hydrogen-bond donors (Lipinski definition) is 1. The number of carbonyl (C=O) groups excluding carboxylic acids is 1. The van der Waals surface area contributed by atoms with E-state index in [1.54, 1.807) is 0 Å². The van der Waals surface area contributed by atoms with E-state index in [0.29, 0.717) is 12.8 Å². The fourth-order valence-electron chi connectivity index (χ4n) is 4.37. The lowest BCUT2D eigenvalue weighted by Crippen LogP contribution is -2.27. The Balaban J connectivity index is 1.40. The van der Waals surface area contributed by atoms with Crippen molar-refractivity contribution in [2.75, 3.05) is 0 Å². The van der Waals surface area contributed by atoms with E-state index in [1.165, 1.54) is 16.7 Å². The summed E-state index contributed by atoms with van der Waals surface area (Å²) in [6.45, 7) is 10.4. The van der Waals surface area contributed by atoms with E-state index in [0.717, 1.165) is 27.9 Å². The summed E-state index contributed by atoms with van der Waals surface area (Å²) in [4.78, 5) is 17.5. The Bertz CT molecular complexity index is 1260. The largest absolute Gasteiger partial charge is 0.350 e. The van der Waals surface area contributed by atoms with Crippen LogP contribution >= 0.6 is 0 Å². The zero-order valence-electron chi connectivity index (χ0n) is 20.1. The Labute approximate surface area is 195 Å². The third-order valence-corrected chi connectivity index (χ3v) is 6.32. The number of aromatic nitrogens is 3. The molecule has 5 heteroatoms. The molecule has 33 heavy (non-hydrogen) atoms. The summed E-state index contributed by atoms with van der Waals surface area (Å²) in [5.74, 6) is 0.0476. The van der Waals surface area contributed by atoms with Gasteiger partial charge in [-0.3, -0.25) is 4.79 Å². The Kier molecular flexibility index (Phi) is 6.59. The van der Waals surface area contributed by atoms with E-state index in [9.17, 15) is 4.79 Å². The highest BCUT2D eigenvalue weighted by Crippen LogP contribution is 2.26. The molecular formula is C28H32N4O. The molecule has 170 valence electrons. The number of aryl methyl sites for hydroxylation is 2. The van der Waals surface area contributed by atoms with E-state index >= 15 is 0 Å². The van der Waals surface area contributed by atoms with Crippen molar-refractivity contribution in [3.8, 4) is 11.1 Å². The lowest BCUT2D eigenvalue weighted by atomic mass is 9.99. The first-order chi connectivity index (χ1) is 15.8. The molecule has 2 aromatic heterocycles. The Hall–Kier alpha value is -3.47. The topological polar surface area (TPSA) is 59.8 Å². The molecule has 1 atom stereocenters. The highest BCUT2D eigenvalue weighted by Gasteiger charge is 2.16. The van der Waals surface area contributed by atoms with Crippen LogP contribution in [0.4, 0.5) is 0 Å². The minimum absolute atomic E-state index is 0.0469. The maximum absolute atomic E-state index is 12.7. The van der Waals surface area contributed by atoms with Crippen molar-refractivity contribution in [3.63, 3.8) is 0 Å². The maximum Gasteiger partial charge on any atom is 0.220 e. The number of nitrogens with one attached hydrogen (secondary N) is 1. The smallest absolute Gasteiger partial charge is 0.220 e. The molecule has 1 unspecified atom stereocenters. The van der Waals surface area contributed by atoms with Crippen LogP contribution in [0.25, 0.3) is 22.2 Å². The third-order valence-electron chi connectivity index (χ3n) is 6.32. The zero-order valence-corrected chi connectivity index (χ0v) is 20.1. The number of nitrogens with zero attached hydrogens (tertiary/aromatic N) is 3. The van der Waals surface area contributed by atoms with Crippen molar-refractivity contribution in [1.29, 1.82) is 0 Å². The molecule has 0 spiro atoms. The van der Waals surface area contributed by atoms with Gasteiger partial charge in [-0.1, -0.05) is 54.6 Å². The van der Waals surface area contributed by atoms with E-state index in [-0.39, 0.29) is 18.0 Å². The van der Waals surface area contributed by atoms with Crippen molar-refractivity contribution in [1.82, 2.24) is 20.1 Å². The van der Waals surface area contributed by atoms with Crippen LogP contribution in [0.2, 0.25) is 0 Å². The average Bonchev–Trinajstić information content (AvgIpc) is 3.24. The second-order valence-corrected chi connectivity index (χ2v) is 9.00. The quantitative estimate of drug-likeness (QED) is 0.377. The van der Waals surface area contributed by atoms with Crippen LogP contribution < -0.4 is 5.32 Å². The van der Waals surface area contributed by atoms with Crippen molar-refractivity contribution < 1.29 is 4.79 Å². The molecule has 0 saturated carbocycles. The molecule has 0 aliphatic carbocycles. The Morgan fingerprint density at radius 1 is 0.970 bits per heavy atom. The maximum atomic E-state index is 12.7. The number of amides is 1. The van der Waals surface area contributed by atoms with Crippen LogP contribution in [0, 0.1) is 13.8 Å². The standard InChI is InChI=1S/C28H32N4O/c1-18(2)32-28-26(17-29-32)19(3)25(21(5)31-28)15-16-27(33)30-20(4)22-11-13-24(14-12-22)23-9-7-6-8-10-23/h6-14,17-18,20H,15-16H2,1-5H3,(H,30,33). The first-order valence-corrected chi connectivity index (χ1v) is 11.6. The Morgan fingerprint density at radius 2 is 1.64 bits per heavy atom. The van der Waals surface area contributed by atoms with Crippen LogP contribution in [0.3, 0.4) is 0 Å². The van der Waals surface area contributed by atoms with Gasteiger partial charge in [0, 0.05) is 23.5 Å². The van der Waals surface area contributed by atoms with Gasteiger partial charge in [0.1, 0.15) is 0 Å². The molecule has 0 radical (unpaired) electrons. The van der Waals surface area contributed by atoms with Crippen molar-refractivity contribution in [3.05, 3.63) is 83.2 Å². The third kappa shape index (κ3) is 4.82. The number of pyridine rings is 1. The van der Waals surface area contributed by atoms with Crippen LogP contribution in [0.15, 0.2) is 60.8 Å². The molecule has 5 nitrogen and oxygen atoms in total. The van der Waals surface area contributed by atoms with Crippen LogP contribution in [0.1, 0.15) is 61.7 Å². The van der Waals surface area contributed by atoms with Crippen LogP contribution in [0.5, 0.6) is 0 Å². The molecule has 0 saturated heterocycles. The van der Waals surface area contributed by atoms with Gasteiger partial charge in [-0.25, -0.2) is 9.67 Å². The van der Waals surface area contributed by atoms with E-state index in [2.05, 4.69) is 67.6 Å². The lowest BCUT2D eigenvalue weighted by molar-refractivity contribution is -0.121. The molecule has 0 aliphatic rings. The summed E-state index contributed by atoms with van der Waals surface area (Å²) in [7, 11) is 0. The highest BCUT2D eigenvalue weighted by molar-refractivity contribution is 5.81. The molecular weight excluding hydrogens is 408 g/mol. The molecule has 0 aliphatic heterocycles.